The molecule has 1 saturated carbocycles. The molecule has 0 aromatic carbocycles. The number of amides is 2. The number of carbonyl (C=O) groups is 2. The molecule has 0 aliphatic heterocycles. The Labute approximate surface area is 125 Å². The van der Waals surface area contributed by atoms with Crippen molar-refractivity contribution in [3.63, 3.8) is 0 Å². The molecule has 116 valence electrons. The van der Waals surface area contributed by atoms with Crippen LogP contribution in [0, 0.1) is 5.41 Å². The van der Waals surface area contributed by atoms with E-state index in [9.17, 15) is 14.7 Å². The average molecular weight is 302 g/mol. The maximum atomic E-state index is 12.3. The van der Waals surface area contributed by atoms with E-state index >= 15 is 0 Å². The zero-order valence-electron chi connectivity index (χ0n) is 12.8. The summed E-state index contributed by atoms with van der Waals surface area (Å²) in [5.41, 5.74) is -0.836. The summed E-state index contributed by atoms with van der Waals surface area (Å²) >= 11 is 1.71. The van der Waals surface area contributed by atoms with Gasteiger partial charge in [-0.3, -0.25) is 4.79 Å². The second-order valence-corrected chi connectivity index (χ2v) is 6.66. The summed E-state index contributed by atoms with van der Waals surface area (Å²) in [6, 6.07) is -0.255. The highest BCUT2D eigenvalue weighted by atomic mass is 32.2. The Balaban J connectivity index is 2.67. The van der Waals surface area contributed by atoms with Crippen molar-refractivity contribution in [2.45, 2.75) is 51.6 Å². The first kappa shape index (κ1) is 17.1. The van der Waals surface area contributed by atoms with Gasteiger partial charge in [-0.25, -0.2) is 4.79 Å². The summed E-state index contributed by atoms with van der Waals surface area (Å²) in [7, 11) is 1.78. The Morgan fingerprint density at radius 2 is 2.20 bits per heavy atom. The molecule has 1 fully saturated rings. The van der Waals surface area contributed by atoms with Crippen molar-refractivity contribution in [2.75, 3.05) is 19.1 Å². The zero-order valence-corrected chi connectivity index (χ0v) is 13.6. The minimum atomic E-state index is -0.836. The lowest BCUT2D eigenvalue weighted by Gasteiger charge is -2.32. The van der Waals surface area contributed by atoms with Gasteiger partial charge < -0.3 is 15.3 Å². The van der Waals surface area contributed by atoms with E-state index in [2.05, 4.69) is 12.2 Å². The summed E-state index contributed by atoms with van der Waals surface area (Å²) in [6.07, 6.45) is 5.12. The summed E-state index contributed by atoms with van der Waals surface area (Å²) < 4.78 is 0. The smallest absolute Gasteiger partial charge is 0.317 e. The molecule has 0 aromatic heterocycles. The van der Waals surface area contributed by atoms with Crippen molar-refractivity contribution in [3.05, 3.63) is 0 Å². The van der Waals surface area contributed by atoms with Crippen LogP contribution < -0.4 is 5.32 Å². The quantitative estimate of drug-likeness (QED) is 0.790. The van der Waals surface area contributed by atoms with Crippen LogP contribution in [-0.2, 0) is 4.79 Å². The Hall–Kier alpha value is -0.910. The Morgan fingerprint density at radius 1 is 1.55 bits per heavy atom. The van der Waals surface area contributed by atoms with Gasteiger partial charge in [0.05, 0.1) is 5.41 Å². The number of nitrogens with zero attached hydrogens (tertiary/aromatic N) is 1. The third kappa shape index (κ3) is 3.59. The third-order valence-corrected chi connectivity index (χ3v) is 5.16. The monoisotopic (exact) mass is 302 g/mol. The van der Waals surface area contributed by atoms with Crippen LogP contribution in [0.3, 0.4) is 0 Å². The molecule has 0 heterocycles. The predicted molar refractivity (Wildman–Crippen MR) is 82.1 cm³/mol. The van der Waals surface area contributed by atoms with Crippen molar-refractivity contribution in [1.29, 1.82) is 0 Å². The lowest BCUT2D eigenvalue weighted by Crippen LogP contribution is -2.52. The van der Waals surface area contributed by atoms with E-state index in [0.717, 1.165) is 25.0 Å². The molecule has 20 heavy (non-hydrogen) atoms. The largest absolute Gasteiger partial charge is 0.481 e. The topological polar surface area (TPSA) is 69.6 Å². The van der Waals surface area contributed by atoms with Gasteiger partial charge in [-0.05, 0) is 32.4 Å². The molecular formula is C14H26N2O3S. The second-order valence-electron chi connectivity index (χ2n) is 5.75. The van der Waals surface area contributed by atoms with Crippen LogP contribution in [0.1, 0.15) is 39.5 Å². The zero-order chi connectivity index (χ0) is 15.3. The minimum Gasteiger partial charge on any atom is -0.481 e. The molecule has 0 bridgehead atoms. The molecular weight excluding hydrogens is 276 g/mol. The number of hydrogen-bond acceptors (Lipinski definition) is 3. The van der Waals surface area contributed by atoms with Crippen LogP contribution in [-0.4, -0.2) is 53.1 Å². The van der Waals surface area contributed by atoms with Gasteiger partial charge in [-0.1, -0.05) is 13.3 Å². The van der Waals surface area contributed by atoms with Crippen LogP contribution in [0.15, 0.2) is 0 Å². The molecule has 0 saturated heterocycles. The first-order valence-corrected chi connectivity index (χ1v) is 8.51. The molecule has 6 heteroatoms. The normalized spacial score (nSPS) is 27.1. The van der Waals surface area contributed by atoms with Gasteiger partial charge in [-0.15, -0.1) is 0 Å². The Kier molecular flexibility index (Phi) is 6.17. The number of carbonyl (C=O) groups excluding carboxylic acids is 1. The molecule has 5 nitrogen and oxygen atoms in total. The number of carboxylic acids is 1. The third-order valence-electron chi connectivity index (χ3n) is 4.44. The van der Waals surface area contributed by atoms with Crippen molar-refractivity contribution in [3.8, 4) is 0 Å². The lowest BCUT2D eigenvalue weighted by molar-refractivity contribution is -0.148. The van der Waals surface area contributed by atoms with Crippen LogP contribution in [0.4, 0.5) is 4.79 Å². The van der Waals surface area contributed by atoms with Crippen LogP contribution >= 0.6 is 11.8 Å². The highest BCUT2D eigenvalue weighted by molar-refractivity contribution is 7.98. The number of carboxylic acid groups (broad SMARTS) is 1. The Morgan fingerprint density at radius 3 is 2.70 bits per heavy atom. The van der Waals surface area contributed by atoms with Crippen LogP contribution in [0.5, 0.6) is 0 Å². The second kappa shape index (κ2) is 7.20. The predicted octanol–water partition coefficient (Wildman–Crippen LogP) is 2.41. The number of rotatable bonds is 6. The van der Waals surface area contributed by atoms with Gasteiger partial charge in [0.25, 0.3) is 0 Å². The molecule has 2 N–H and O–H groups in total. The minimum absolute atomic E-state index is 0.162. The highest BCUT2D eigenvalue weighted by Gasteiger charge is 2.46. The van der Waals surface area contributed by atoms with Crippen molar-refractivity contribution < 1.29 is 14.7 Å². The Bertz CT molecular complexity index is 364. The molecule has 0 radical (unpaired) electrons. The number of thioether (sulfide) groups is 1. The summed E-state index contributed by atoms with van der Waals surface area (Å²) in [4.78, 5) is 25.4. The van der Waals surface area contributed by atoms with E-state index in [0.29, 0.717) is 6.42 Å². The number of urea groups is 1. The van der Waals surface area contributed by atoms with Gasteiger partial charge in [-0.2, -0.15) is 11.8 Å². The summed E-state index contributed by atoms with van der Waals surface area (Å²) in [5, 5.41) is 12.3. The van der Waals surface area contributed by atoms with E-state index in [1.165, 1.54) is 0 Å². The average Bonchev–Trinajstić information content (AvgIpc) is 2.78. The molecule has 3 atom stereocenters. The summed E-state index contributed by atoms with van der Waals surface area (Å²) in [6.45, 7) is 3.79. The van der Waals surface area contributed by atoms with Crippen molar-refractivity contribution in [1.82, 2.24) is 10.2 Å². The van der Waals surface area contributed by atoms with E-state index in [1.54, 1.807) is 30.6 Å². The summed E-state index contributed by atoms with van der Waals surface area (Å²) in [5.74, 6) is 0.0699. The molecule has 1 aliphatic rings. The maximum Gasteiger partial charge on any atom is 0.317 e. The van der Waals surface area contributed by atoms with Gasteiger partial charge in [0.15, 0.2) is 0 Å². The van der Waals surface area contributed by atoms with Gasteiger partial charge >= 0.3 is 12.0 Å². The number of aliphatic carboxylic acids is 1. The van der Waals surface area contributed by atoms with Gasteiger partial charge in [0, 0.05) is 24.9 Å². The fourth-order valence-corrected chi connectivity index (χ4v) is 3.61. The first-order valence-electron chi connectivity index (χ1n) is 7.12. The fraction of sp³-hybridized carbons (Fsp3) is 0.857. The van der Waals surface area contributed by atoms with E-state index in [1.807, 2.05) is 6.26 Å². The number of nitrogens with one attached hydrogen (secondary N) is 1. The maximum absolute atomic E-state index is 12.3. The molecule has 0 spiro atoms. The first-order chi connectivity index (χ1) is 9.36. The molecule has 1 rings (SSSR count). The molecule has 1 aliphatic carbocycles. The van der Waals surface area contributed by atoms with E-state index in [4.69, 9.17) is 0 Å². The number of hydrogen-bond donors (Lipinski definition) is 2. The molecule has 3 unspecified atom stereocenters. The van der Waals surface area contributed by atoms with Crippen molar-refractivity contribution >= 4 is 23.8 Å². The SMILES string of the molecule is CCC(CSC)N(C)C(=O)NC1CCCC1(C)C(=O)O. The van der Waals surface area contributed by atoms with Crippen molar-refractivity contribution in [2.24, 2.45) is 5.41 Å². The van der Waals surface area contributed by atoms with Crippen LogP contribution in [0.2, 0.25) is 0 Å². The van der Waals surface area contributed by atoms with E-state index in [-0.39, 0.29) is 18.1 Å². The van der Waals surface area contributed by atoms with Gasteiger partial charge in [0.2, 0.25) is 0 Å². The standard InChI is InChI=1S/C14H26N2O3S/c1-5-10(9-20-4)16(3)13(19)15-11-7-6-8-14(11,2)12(17)18/h10-11H,5-9H2,1-4H3,(H,15,19)(H,17,18). The molecule has 0 aromatic rings. The van der Waals surface area contributed by atoms with Crippen LogP contribution in [0.25, 0.3) is 0 Å². The molecule has 2 amide bonds. The van der Waals surface area contributed by atoms with E-state index < -0.39 is 11.4 Å². The lowest BCUT2D eigenvalue weighted by atomic mass is 9.85. The highest BCUT2D eigenvalue weighted by Crippen LogP contribution is 2.38. The van der Waals surface area contributed by atoms with Gasteiger partial charge in [0.1, 0.15) is 0 Å². The fourth-order valence-electron chi connectivity index (χ4n) is 2.77.